The predicted molar refractivity (Wildman–Crippen MR) is 155 cm³/mol. The van der Waals surface area contributed by atoms with Gasteiger partial charge in [0.05, 0.1) is 12.3 Å². The first kappa shape index (κ1) is 34.0. The molecule has 0 aromatic heterocycles. The lowest BCUT2D eigenvalue weighted by Gasteiger charge is -2.27. The average Bonchev–Trinajstić information content (AvgIpc) is 2.93. The maximum absolute atomic E-state index is 13.7. The van der Waals surface area contributed by atoms with Crippen molar-refractivity contribution in [3.05, 3.63) is 71.8 Å². The van der Waals surface area contributed by atoms with Gasteiger partial charge in [0.2, 0.25) is 11.8 Å². The summed E-state index contributed by atoms with van der Waals surface area (Å²) < 4.78 is 16.3. The van der Waals surface area contributed by atoms with Gasteiger partial charge in [-0.15, -0.1) is 0 Å². The van der Waals surface area contributed by atoms with E-state index in [4.69, 9.17) is 14.2 Å². The number of hydrogen-bond acceptors (Lipinski definition) is 8. The van der Waals surface area contributed by atoms with Crippen molar-refractivity contribution in [2.45, 2.75) is 72.3 Å². The number of hydrogen-bond donors (Lipinski definition) is 2. The fraction of sp³-hybridized carbons (Fsp3) is 0.469. The highest BCUT2D eigenvalue weighted by Crippen LogP contribution is 2.26. The highest BCUT2D eigenvalue weighted by molar-refractivity contribution is 6.01. The number of ether oxygens (including phenoxy) is 3. The second kappa shape index (κ2) is 16.3. The molecule has 0 spiro atoms. The summed E-state index contributed by atoms with van der Waals surface area (Å²) in [5.74, 6) is -6.95. The Balaban J connectivity index is 2.35. The molecular formula is C32H42N2O8. The maximum Gasteiger partial charge on any atom is 0.321 e. The second-order valence-electron chi connectivity index (χ2n) is 11.4. The lowest BCUT2D eigenvalue weighted by molar-refractivity contribution is -0.169. The van der Waals surface area contributed by atoms with E-state index in [2.05, 4.69) is 10.6 Å². The van der Waals surface area contributed by atoms with E-state index < -0.39 is 59.6 Å². The molecule has 2 aromatic rings. The average molecular weight is 583 g/mol. The summed E-state index contributed by atoms with van der Waals surface area (Å²) in [4.78, 5) is 65.8. The molecule has 2 amide bonds. The number of carbonyl (C=O) groups excluding carboxylic acids is 5. The quantitative estimate of drug-likeness (QED) is 0.195. The summed E-state index contributed by atoms with van der Waals surface area (Å²) in [5, 5.41) is 4.99. The largest absolute Gasteiger partial charge is 0.460 e. The first-order valence-electron chi connectivity index (χ1n) is 14.0. The van der Waals surface area contributed by atoms with Gasteiger partial charge in [-0.2, -0.15) is 0 Å². The zero-order valence-corrected chi connectivity index (χ0v) is 25.2. The van der Waals surface area contributed by atoms with Crippen LogP contribution < -0.4 is 10.6 Å². The van der Waals surface area contributed by atoms with Crippen LogP contribution in [0, 0.1) is 17.8 Å². The van der Waals surface area contributed by atoms with Gasteiger partial charge in [0.15, 0.2) is 5.92 Å². The van der Waals surface area contributed by atoms with Crippen LogP contribution in [-0.2, 0) is 51.4 Å². The third-order valence-electron chi connectivity index (χ3n) is 6.09. The van der Waals surface area contributed by atoms with Gasteiger partial charge >= 0.3 is 17.9 Å². The van der Waals surface area contributed by atoms with Gasteiger partial charge in [0, 0.05) is 7.05 Å². The molecule has 0 aliphatic heterocycles. The van der Waals surface area contributed by atoms with Crippen LogP contribution in [-0.4, -0.2) is 48.4 Å². The van der Waals surface area contributed by atoms with Crippen LogP contribution in [0.15, 0.2) is 60.7 Å². The molecule has 2 N–H and O–H groups in total. The van der Waals surface area contributed by atoms with Gasteiger partial charge in [-0.3, -0.25) is 24.0 Å². The molecule has 0 saturated heterocycles. The number of likely N-dealkylation sites (N-methyl/N-ethyl adjacent to an activating group) is 1. The summed E-state index contributed by atoms with van der Waals surface area (Å²) in [6.45, 7) is 8.49. The minimum absolute atomic E-state index is 0.101. The molecule has 0 radical (unpaired) electrons. The third-order valence-corrected chi connectivity index (χ3v) is 6.09. The molecule has 0 aliphatic rings. The molecule has 2 aromatic carbocycles. The maximum atomic E-state index is 13.7. The van der Waals surface area contributed by atoms with Gasteiger partial charge in [-0.05, 0) is 44.2 Å². The number of benzene rings is 2. The summed E-state index contributed by atoms with van der Waals surface area (Å²) in [5.41, 5.74) is 0.596. The highest BCUT2D eigenvalue weighted by Gasteiger charge is 2.43. The van der Waals surface area contributed by atoms with Crippen LogP contribution in [0.5, 0.6) is 0 Å². The Morgan fingerprint density at radius 1 is 0.762 bits per heavy atom. The molecule has 10 heteroatoms. The van der Waals surface area contributed by atoms with Crippen molar-refractivity contribution in [2.75, 3.05) is 7.05 Å². The first-order valence-corrected chi connectivity index (χ1v) is 14.0. The number of amides is 2. The second-order valence-corrected chi connectivity index (χ2v) is 11.4. The Morgan fingerprint density at radius 2 is 1.24 bits per heavy atom. The lowest BCUT2D eigenvalue weighted by atomic mass is 9.84. The zero-order valence-electron chi connectivity index (χ0n) is 25.2. The molecule has 42 heavy (non-hydrogen) atoms. The van der Waals surface area contributed by atoms with Crippen LogP contribution >= 0.6 is 0 Å². The Morgan fingerprint density at radius 3 is 1.64 bits per heavy atom. The van der Waals surface area contributed by atoms with Crippen LogP contribution in [0.2, 0.25) is 0 Å². The first-order chi connectivity index (χ1) is 19.8. The van der Waals surface area contributed by atoms with E-state index in [9.17, 15) is 24.0 Å². The molecule has 0 fully saturated rings. The molecule has 10 nitrogen and oxygen atoms in total. The van der Waals surface area contributed by atoms with Gasteiger partial charge < -0.3 is 24.8 Å². The van der Waals surface area contributed by atoms with E-state index in [-0.39, 0.29) is 25.6 Å². The fourth-order valence-corrected chi connectivity index (χ4v) is 4.18. The van der Waals surface area contributed by atoms with E-state index in [1.165, 1.54) is 7.05 Å². The number of rotatable bonds is 14. The van der Waals surface area contributed by atoms with E-state index in [0.29, 0.717) is 11.1 Å². The van der Waals surface area contributed by atoms with Crippen molar-refractivity contribution in [3.63, 3.8) is 0 Å². The Labute approximate surface area is 247 Å². The van der Waals surface area contributed by atoms with Crippen LogP contribution in [0.1, 0.15) is 58.6 Å². The summed E-state index contributed by atoms with van der Waals surface area (Å²) in [6, 6.07) is 16.5. The molecule has 228 valence electrons. The standard InChI is InChI=1S/C32H42N2O8/c1-21(2)17-24(28(36)34-25(29(37)33-6)18-26(35)42-32(3,4)5)27(30(38)40-19-22-13-9-7-10-14-22)31(39)41-20-23-15-11-8-12-16-23/h7-16,21,24-25,27H,17-20H2,1-6H3,(H,33,37)(H,34,36)/t24-,25+/m1/s1. The number of esters is 3. The van der Waals surface area contributed by atoms with Crippen molar-refractivity contribution in [1.29, 1.82) is 0 Å². The van der Waals surface area contributed by atoms with E-state index in [0.717, 1.165) is 0 Å². The summed E-state index contributed by atoms with van der Waals surface area (Å²) in [7, 11) is 1.37. The molecule has 2 atom stereocenters. The van der Waals surface area contributed by atoms with E-state index >= 15 is 0 Å². The van der Waals surface area contributed by atoms with E-state index in [1.54, 1.807) is 69.3 Å². The molecule has 0 saturated carbocycles. The fourth-order valence-electron chi connectivity index (χ4n) is 4.18. The van der Waals surface area contributed by atoms with Crippen molar-refractivity contribution >= 4 is 29.7 Å². The molecule has 0 aliphatic carbocycles. The monoisotopic (exact) mass is 582 g/mol. The highest BCUT2D eigenvalue weighted by atomic mass is 16.6. The third kappa shape index (κ3) is 11.7. The topological polar surface area (TPSA) is 137 Å². The Hall–Kier alpha value is -4.21. The van der Waals surface area contributed by atoms with Crippen molar-refractivity contribution in [3.8, 4) is 0 Å². The Kier molecular flexibility index (Phi) is 13.2. The van der Waals surface area contributed by atoms with Crippen LogP contribution in [0.3, 0.4) is 0 Å². The molecule has 0 unspecified atom stereocenters. The zero-order chi connectivity index (χ0) is 31.3. The Bertz CT molecular complexity index is 1140. The van der Waals surface area contributed by atoms with Crippen molar-refractivity contribution < 1.29 is 38.2 Å². The minimum atomic E-state index is -1.62. The molecular weight excluding hydrogens is 540 g/mol. The van der Waals surface area contributed by atoms with Crippen molar-refractivity contribution in [1.82, 2.24) is 10.6 Å². The minimum Gasteiger partial charge on any atom is -0.460 e. The predicted octanol–water partition coefficient (Wildman–Crippen LogP) is 3.71. The molecule has 2 rings (SSSR count). The number of nitrogens with one attached hydrogen (secondary N) is 2. The normalized spacial score (nSPS) is 12.7. The van der Waals surface area contributed by atoms with Gasteiger partial charge in [0.25, 0.3) is 0 Å². The summed E-state index contributed by atoms with van der Waals surface area (Å²) >= 11 is 0. The summed E-state index contributed by atoms with van der Waals surface area (Å²) in [6.07, 6.45) is -0.344. The number of carbonyl (C=O) groups is 5. The van der Waals surface area contributed by atoms with Crippen molar-refractivity contribution in [2.24, 2.45) is 17.8 Å². The lowest BCUT2D eigenvalue weighted by Crippen LogP contribution is -2.52. The smallest absolute Gasteiger partial charge is 0.321 e. The van der Waals surface area contributed by atoms with Crippen LogP contribution in [0.25, 0.3) is 0 Å². The van der Waals surface area contributed by atoms with E-state index in [1.807, 2.05) is 26.0 Å². The molecule has 0 bridgehead atoms. The van der Waals surface area contributed by atoms with Gasteiger partial charge in [-0.25, -0.2) is 0 Å². The van der Waals surface area contributed by atoms with Gasteiger partial charge in [0.1, 0.15) is 24.9 Å². The SMILES string of the molecule is CNC(=O)[C@H](CC(=O)OC(C)(C)C)NC(=O)[C@H](CC(C)C)C(C(=O)OCc1ccccc1)C(=O)OCc1ccccc1. The van der Waals surface area contributed by atoms with Gasteiger partial charge in [-0.1, -0.05) is 74.5 Å². The molecule has 0 heterocycles. The van der Waals surface area contributed by atoms with Crippen LogP contribution in [0.4, 0.5) is 0 Å².